The van der Waals surface area contributed by atoms with Crippen molar-refractivity contribution in [2.75, 3.05) is 5.32 Å². The van der Waals surface area contributed by atoms with Gasteiger partial charge in [0.25, 0.3) is 5.56 Å². The second-order valence-electron chi connectivity index (χ2n) is 5.23. The maximum atomic E-state index is 11.7. The zero-order valence-corrected chi connectivity index (χ0v) is 12.4. The summed E-state index contributed by atoms with van der Waals surface area (Å²) in [6, 6.07) is 12.2. The second kappa shape index (κ2) is 6.42. The predicted octanol–water partition coefficient (Wildman–Crippen LogP) is 3.74. The quantitative estimate of drug-likeness (QED) is 0.898. The van der Waals surface area contributed by atoms with Gasteiger partial charge in [0.1, 0.15) is 0 Å². The SMILES string of the molecule is CCCn1cc(NC(C)c2ccc(C)cc2)ccc1=O. The summed E-state index contributed by atoms with van der Waals surface area (Å²) in [5.41, 5.74) is 3.54. The van der Waals surface area contributed by atoms with Gasteiger partial charge in [0.15, 0.2) is 0 Å². The third-order valence-electron chi connectivity index (χ3n) is 3.41. The number of aryl methyl sites for hydroxylation is 2. The monoisotopic (exact) mass is 270 g/mol. The van der Waals surface area contributed by atoms with E-state index in [1.165, 1.54) is 11.1 Å². The van der Waals surface area contributed by atoms with Gasteiger partial charge in [0.2, 0.25) is 0 Å². The zero-order valence-electron chi connectivity index (χ0n) is 12.4. The second-order valence-corrected chi connectivity index (χ2v) is 5.23. The smallest absolute Gasteiger partial charge is 0.250 e. The lowest BCUT2D eigenvalue weighted by Crippen LogP contribution is -2.19. The Bertz CT molecular complexity index is 614. The fourth-order valence-corrected chi connectivity index (χ4v) is 2.22. The highest BCUT2D eigenvalue weighted by Gasteiger charge is 2.06. The van der Waals surface area contributed by atoms with Gasteiger partial charge in [0.05, 0.1) is 5.69 Å². The van der Waals surface area contributed by atoms with Crippen molar-refractivity contribution in [1.82, 2.24) is 4.57 Å². The molecule has 106 valence electrons. The van der Waals surface area contributed by atoms with Crippen LogP contribution in [0.25, 0.3) is 0 Å². The number of aromatic nitrogens is 1. The number of hydrogen-bond donors (Lipinski definition) is 1. The van der Waals surface area contributed by atoms with Crippen molar-refractivity contribution in [3.8, 4) is 0 Å². The van der Waals surface area contributed by atoms with Crippen molar-refractivity contribution < 1.29 is 0 Å². The molecule has 0 aliphatic rings. The molecule has 20 heavy (non-hydrogen) atoms. The van der Waals surface area contributed by atoms with Crippen LogP contribution in [0.1, 0.15) is 37.4 Å². The summed E-state index contributed by atoms with van der Waals surface area (Å²) in [6.45, 7) is 7.04. The van der Waals surface area contributed by atoms with Crippen molar-refractivity contribution in [1.29, 1.82) is 0 Å². The normalized spacial score (nSPS) is 12.2. The average molecular weight is 270 g/mol. The molecule has 0 fully saturated rings. The Labute approximate surface area is 120 Å². The van der Waals surface area contributed by atoms with Crippen molar-refractivity contribution in [2.45, 2.75) is 39.8 Å². The fourth-order valence-electron chi connectivity index (χ4n) is 2.22. The first kappa shape index (κ1) is 14.4. The Morgan fingerprint density at radius 3 is 2.50 bits per heavy atom. The molecule has 1 aromatic heterocycles. The highest BCUT2D eigenvalue weighted by molar-refractivity contribution is 5.43. The summed E-state index contributed by atoms with van der Waals surface area (Å²) in [5, 5.41) is 3.44. The van der Waals surface area contributed by atoms with Crippen LogP contribution in [-0.2, 0) is 6.54 Å². The van der Waals surface area contributed by atoms with Gasteiger partial charge in [-0.05, 0) is 31.9 Å². The summed E-state index contributed by atoms with van der Waals surface area (Å²) < 4.78 is 1.75. The molecular formula is C17H22N2O. The van der Waals surface area contributed by atoms with Crippen LogP contribution in [0.5, 0.6) is 0 Å². The minimum Gasteiger partial charge on any atom is -0.377 e. The number of pyridine rings is 1. The number of anilines is 1. The molecule has 2 aromatic rings. The highest BCUT2D eigenvalue weighted by atomic mass is 16.1. The van der Waals surface area contributed by atoms with E-state index in [1.54, 1.807) is 10.6 Å². The molecule has 1 aromatic carbocycles. The van der Waals surface area contributed by atoms with E-state index in [9.17, 15) is 4.79 Å². The van der Waals surface area contributed by atoms with E-state index in [4.69, 9.17) is 0 Å². The maximum Gasteiger partial charge on any atom is 0.250 e. The maximum absolute atomic E-state index is 11.7. The van der Waals surface area contributed by atoms with Gasteiger partial charge in [0, 0.05) is 24.8 Å². The molecule has 0 aliphatic heterocycles. The lowest BCUT2D eigenvalue weighted by Gasteiger charge is -2.17. The lowest BCUT2D eigenvalue weighted by molar-refractivity contribution is 0.654. The summed E-state index contributed by atoms with van der Waals surface area (Å²) in [4.78, 5) is 11.7. The number of hydrogen-bond acceptors (Lipinski definition) is 2. The molecule has 0 spiro atoms. The Balaban J connectivity index is 2.15. The van der Waals surface area contributed by atoms with Gasteiger partial charge >= 0.3 is 0 Å². The van der Waals surface area contributed by atoms with Crippen LogP contribution in [0.15, 0.2) is 47.4 Å². The standard InChI is InChI=1S/C17H22N2O/c1-4-11-19-12-16(9-10-17(19)20)18-14(3)15-7-5-13(2)6-8-15/h5-10,12,14,18H,4,11H2,1-3H3. The van der Waals surface area contributed by atoms with Crippen LogP contribution >= 0.6 is 0 Å². The van der Waals surface area contributed by atoms with E-state index in [0.29, 0.717) is 0 Å². The minimum absolute atomic E-state index is 0.0559. The third-order valence-corrected chi connectivity index (χ3v) is 3.41. The molecule has 2 rings (SSSR count). The predicted molar refractivity (Wildman–Crippen MR) is 84.2 cm³/mol. The molecule has 0 saturated carbocycles. The van der Waals surface area contributed by atoms with E-state index in [1.807, 2.05) is 12.3 Å². The van der Waals surface area contributed by atoms with Gasteiger partial charge in [-0.15, -0.1) is 0 Å². The molecule has 0 amide bonds. The molecular weight excluding hydrogens is 248 g/mol. The van der Waals surface area contributed by atoms with Gasteiger partial charge in [-0.3, -0.25) is 4.79 Å². The van der Waals surface area contributed by atoms with Crippen molar-refractivity contribution in [3.05, 3.63) is 64.1 Å². The molecule has 0 saturated heterocycles. The van der Waals surface area contributed by atoms with E-state index in [-0.39, 0.29) is 11.6 Å². The summed E-state index contributed by atoms with van der Waals surface area (Å²) >= 11 is 0. The van der Waals surface area contributed by atoms with E-state index < -0.39 is 0 Å². The topological polar surface area (TPSA) is 34.0 Å². The number of nitrogens with one attached hydrogen (secondary N) is 1. The number of nitrogens with zero attached hydrogens (tertiary/aromatic N) is 1. The van der Waals surface area contributed by atoms with Crippen LogP contribution < -0.4 is 10.9 Å². The zero-order chi connectivity index (χ0) is 14.5. The first-order valence-electron chi connectivity index (χ1n) is 7.13. The molecule has 0 aliphatic carbocycles. The lowest BCUT2D eigenvalue weighted by atomic mass is 10.1. The van der Waals surface area contributed by atoms with E-state index >= 15 is 0 Å². The molecule has 1 atom stereocenters. The Morgan fingerprint density at radius 2 is 1.85 bits per heavy atom. The van der Waals surface area contributed by atoms with Gasteiger partial charge < -0.3 is 9.88 Å². The largest absolute Gasteiger partial charge is 0.377 e. The minimum atomic E-state index is 0.0559. The van der Waals surface area contributed by atoms with Crippen LogP contribution in [-0.4, -0.2) is 4.57 Å². The van der Waals surface area contributed by atoms with Crippen molar-refractivity contribution >= 4 is 5.69 Å². The Morgan fingerprint density at radius 1 is 1.15 bits per heavy atom. The van der Waals surface area contributed by atoms with Gasteiger partial charge in [-0.1, -0.05) is 36.8 Å². The van der Waals surface area contributed by atoms with Crippen LogP contribution in [0.4, 0.5) is 5.69 Å². The third kappa shape index (κ3) is 3.50. The summed E-state index contributed by atoms with van der Waals surface area (Å²) in [5.74, 6) is 0. The Kier molecular flexibility index (Phi) is 4.61. The van der Waals surface area contributed by atoms with Crippen molar-refractivity contribution in [3.63, 3.8) is 0 Å². The van der Waals surface area contributed by atoms with Gasteiger partial charge in [-0.25, -0.2) is 0 Å². The van der Waals surface area contributed by atoms with Crippen LogP contribution in [0, 0.1) is 6.92 Å². The average Bonchev–Trinajstić information content (AvgIpc) is 2.43. The number of rotatable bonds is 5. The van der Waals surface area contributed by atoms with Crippen LogP contribution in [0.3, 0.4) is 0 Å². The van der Waals surface area contributed by atoms with E-state index in [0.717, 1.165) is 18.7 Å². The summed E-state index contributed by atoms with van der Waals surface area (Å²) in [7, 11) is 0. The highest BCUT2D eigenvalue weighted by Crippen LogP contribution is 2.18. The molecule has 1 heterocycles. The molecule has 1 N–H and O–H groups in total. The molecule has 0 bridgehead atoms. The first-order chi connectivity index (χ1) is 9.60. The molecule has 0 radical (unpaired) electrons. The van der Waals surface area contributed by atoms with Gasteiger partial charge in [-0.2, -0.15) is 0 Å². The van der Waals surface area contributed by atoms with E-state index in [2.05, 4.69) is 50.4 Å². The first-order valence-corrected chi connectivity index (χ1v) is 7.13. The number of benzene rings is 1. The van der Waals surface area contributed by atoms with Crippen LogP contribution in [0.2, 0.25) is 0 Å². The van der Waals surface area contributed by atoms with Crippen molar-refractivity contribution in [2.24, 2.45) is 0 Å². The molecule has 3 nitrogen and oxygen atoms in total. The molecule has 1 unspecified atom stereocenters. The summed E-state index contributed by atoms with van der Waals surface area (Å²) in [6.07, 6.45) is 2.85. The molecule has 3 heteroatoms. The fraction of sp³-hybridized carbons (Fsp3) is 0.353. The Hall–Kier alpha value is -2.03.